The molecule has 0 spiro atoms. The van der Waals surface area contributed by atoms with Gasteiger partial charge in [0.25, 0.3) is 5.91 Å². The highest BCUT2D eigenvalue weighted by Gasteiger charge is 2.22. The molecule has 3 N–H and O–H groups in total. The van der Waals surface area contributed by atoms with Crippen LogP contribution in [0.2, 0.25) is 0 Å². The van der Waals surface area contributed by atoms with Gasteiger partial charge in [0.05, 0.1) is 0 Å². The lowest BCUT2D eigenvalue weighted by atomic mass is 10.3. The van der Waals surface area contributed by atoms with Gasteiger partial charge in [-0.25, -0.2) is 0 Å². The highest BCUT2D eigenvalue weighted by atomic mass is 16.2. The number of carbonyl (C=O) groups is 2. The van der Waals surface area contributed by atoms with Gasteiger partial charge in [0.2, 0.25) is 5.91 Å². The molecule has 1 aromatic heterocycles. The number of carbonyl (C=O) groups excluding carboxylic acids is 2. The van der Waals surface area contributed by atoms with Crippen LogP contribution in [0.15, 0.2) is 12.1 Å². The van der Waals surface area contributed by atoms with Gasteiger partial charge in [-0.1, -0.05) is 0 Å². The molecular formula is C12H17N5O2. The van der Waals surface area contributed by atoms with Crippen LogP contribution in [0.1, 0.15) is 29.8 Å². The Morgan fingerprint density at radius 2 is 2.11 bits per heavy atom. The average Bonchev–Trinajstić information content (AvgIpc) is 3.22. The van der Waals surface area contributed by atoms with Crippen LogP contribution in [-0.2, 0) is 4.79 Å². The van der Waals surface area contributed by atoms with Gasteiger partial charge in [-0.3, -0.25) is 9.59 Å². The summed E-state index contributed by atoms with van der Waals surface area (Å²) in [6.07, 6.45) is 2.58. The zero-order valence-corrected chi connectivity index (χ0v) is 10.8. The molecule has 0 saturated heterocycles. The first-order valence-electron chi connectivity index (χ1n) is 6.28. The molecular weight excluding hydrogens is 246 g/mol. The van der Waals surface area contributed by atoms with Crippen molar-refractivity contribution in [3.63, 3.8) is 0 Å². The van der Waals surface area contributed by atoms with Crippen molar-refractivity contribution < 1.29 is 9.59 Å². The molecule has 0 bridgehead atoms. The molecule has 0 aliphatic heterocycles. The zero-order valence-electron chi connectivity index (χ0n) is 10.8. The third kappa shape index (κ3) is 4.20. The maximum atomic E-state index is 11.4. The summed E-state index contributed by atoms with van der Waals surface area (Å²) >= 11 is 0. The number of hydrogen-bond acceptors (Lipinski definition) is 5. The standard InChI is InChI=1S/C12H17N5O2/c1-13-12(19)9-4-5-10(17-16-9)14-7-6-11(18)15-8-2-3-8/h4-5,8H,2-3,6-7H2,1H3,(H,13,19)(H,14,17)(H,15,18). The van der Waals surface area contributed by atoms with E-state index in [0.29, 0.717) is 24.8 Å². The van der Waals surface area contributed by atoms with Gasteiger partial charge >= 0.3 is 0 Å². The Hall–Kier alpha value is -2.18. The second kappa shape index (κ2) is 6.12. The van der Waals surface area contributed by atoms with Gasteiger partial charge in [-0.05, 0) is 25.0 Å². The maximum Gasteiger partial charge on any atom is 0.271 e. The van der Waals surface area contributed by atoms with Crippen LogP contribution >= 0.6 is 0 Å². The molecule has 1 heterocycles. The summed E-state index contributed by atoms with van der Waals surface area (Å²) in [4.78, 5) is 22.7. The van der Waals surface area contributed by atoms with Crippen molar-refractivity contribution in [2.75, 3.05) is 18.9 Å². The summed E-state index contributed by atoms with van der Waals surface area (Å²) in [7, 11) is 1.54. The van der Waals surface area contributed by atoms with E-state index in [1.165, 1.54) is 7.05 Å². The molecule has 2 amide bonds. The average molecular weight is 263 g/mol. The Bertz CT molecular complexity index is 456. The van der Waals surface area contributed by atoms with E-state index in [1.54, 1.807) is 12.1 Å². The molecule has 7 heteroatoms. The molecule has 0 radical (unpaired) electrons. The Balaban J connectivity index is 1.73. The van der Waals surface area contributed by atoms with Crippen LogP contribution in [-0.4, -0.2) is 41.6 Å². The summed E-state index contributed by atoms with van der Waals surface area (Å²) in [5.74, 6) is 0.319. The number of nitrogens with zero attached hydrogens (tertiary/aromatic N) is 2. The third-order valence-electron chi connectivity index (χ3n) is 2.72. The van der Waals surface area contributed by atoms with E-state index >= 15 is 0 Å². The third-order valence-corrected chi connectivity index (χ3v) is 2.72. The molecule has 0 aromatic carbocycles. The quantitative estimate of drug-likeness (QED) is 0.667. The van der Waals surface area contributed by atoms with E-state index in [0.717, 1.165) is 12.8 Å². The lowest BCUT2D eigenvalue weighted by molar-refractivity contribution is -0.120. The second-order valence-corrected chi connectivity index (χ2v) is 4.40. The minimum Gasteiger partial charge on any atom is -0.368 e. The van der Waals surface area contributed by atoms with Crippen LogP contribution in [0.5, 0.6) is 0 Å². The number of aromatic nitrogens is 2. The van der Waals surface area contributed by atoms with Crippen LogP contribution in [0.3, 0.4) is 0 Å². The fourth-order valence-corrected chi connectivity index (χ4v) is 1.51. The SMILES string of the molecule is CNC(=O)c1ccc(NCCC(=O)NC2CC2)nn1. The molecule has 1 aliphatic carbocycles. The summed E-state index contributed by atoms with van der Waals surface area (Å²) in [5, 5.41) is 16.0. The Morgan fingerprint density at radius 1 is 1.32 bits per heavy atom. The van der Waals surface area contributed by atoms with E-state index in [9.17, 15) is 9.59 Å². The van der Waals surface area contributed by atoms with Crippen LogP contribution in [0.4, 0.5) is 5.82 Å². The number of amides is 2. The molecule has 102 valence electrons. The van der Waals surface area contributed by atoms with Crippen molar-refractivity contribution in [1.29, 1.82) is 0 Å². The zero-order chi connectivity index (χ0) is 13.7. The van der Waals surface area contributed by atoms with Gasteiger partial charge in [-0.15, -0.1) is 10.2 Å². The molecule has 1 aliphatic rings. The first-order chi connectivity index (χ1) is 9.19. The summed E-state index contributed by atoms with van der Waals surface area (Å²) in [6, 6.07) is 3.63. The van der Waals surface area contributed by atoms with Crippen molar-refractivity contribution in [2.45, 2.75) is 25.3 Å². The van der Waals surface area contributed by atoms with Crippen LogP contribution in [0.25, 0.3) is 0 Å². The van der Waals surface area contributed by atoms with Crippen molar-refractivity contribution in [2.24, 2.45) is 0 Å². The van der Waals surface area contributed by atoms with Gasteiger partial charge < -0.3 is 16.0 Å². The molecule has 0 atom stereocenters. The number of nitrogens with one attached hydrogen (secondary N) is 3. The number of anilines is 1. The molecule has 1 fully saturated rings. The highest BCUT2D eigenvalue weighted by molar-refractivity contribution is 5.91. The lowest BCUT2D eigenvalue weighted by Gasteiger charge is -2.06. The molecule has 2 rings (SSSR count). The summed E-state index contributed by atoms with van der Waals surface area (Å²) in [5.41, 5.74) is 0.263. The van der Waals surface area contributed by atoms with E-state index in [2.05, 4.69) is 26.1 Å². The highest BCUT2D eigenvalue weighted by Crippen LogP contribution is 2.18. The summed E-state index contributed by atoms with van der Waals surface area (Å²) in [6.45, 7) is 0.493. The van der Waals surface area contributed by atoms with Gasteiger partial charge in [-0.2, -0.15) is 0 Å². The predicted molar refractivity (Wildman–Crippen MR) is 69.7 cm³/mol. The fourth-order valence-electron chi connectivity index (χ4n) is 1.51. The van der Waals surface area contributed by atoms with E-state index in [-0.39, 0.29) is 17.5 Å². The second-order valence-electron chi connectivity index (χ2n) is 4.40. The van der Waals surface area contributed by atoms with Crippen molar-refractivity contribution in [3.8, 4) is 0 Å². The van der Waals surface area contributed by atoms with Crippen LogP contribution in [0, 0.1) is 0 Å². The van der Waals surface area contributed by atoms with Crippen LogP contribution < -0.4 is 16.0 Å². The topological polar surface area (TPSA) is 96.0 Å². The van der Waals surface area contributed by atoms with Gasteiger partial charge in [0.1, 0.15) is 5.82 Å². The largest absolute Gasteiger partial charge is 0.368 e. The van der Waals surface area contributed by atoms with Crippen molar-refractivity contribution in [3.05, 3.63) is 17.8 Å². The van der Waals surface area contributed by atoms with Gasteiger partial charge in [0, 0.05) is 26.1 Å². The summed E-state index contributed by atoms with van der Waals surface area (Å²) < 4.78 is 0. The Kier molecular flexibility index (Phi) is 4.27. The fraction of sp³-hybridized carbons (Fsp3) is 0.500. The molecule has 0 unspecified atom stereocenters. The smallest absolute Gasteiger partial charge is 0.271 e. The van der Waals surface area contributed by atoms with Crippen molar-refractivity contribution >= 4 is 17.6 Å². The molecule has 1 aromatic rings. The normalized spacial score (nSPS) is 13.7. The molecule has 19 heavy (non-hydrogen) atoms. The Labute approximate surface area is 111 Å². The monoisotopic (exact) mass is 263 g/mol. The Morgan fingerprint density at radius 3 is 2.68 bits per heavy atom. The minimum atomic E-state index is -0.275. The minimum absolute atomic E-state index is 0.0462. The van der Waals surface area contributed by atoms with E-state index < -0.39 is 0 Å². The first kappa shape index (κ1) is 13.3. The molecule has 7 nitrogen and oxygen atoms in total. The molecule has 1 saturated carbocycles. The predicted octanol–water partition coefficient (Wildman–Crippen LogP) is -0.0832. The maximum absolute atomic E-state index is 11.4. The number of rotatable bonds is 6. The van der Waals surface area contributed by atoms with Gasteiger partial charge in [0.15, 0.2) is 5.69 Å². The van der Waals surface area contributed by atoms with Crippen molar-refractivity contribution in [1.82, 2.24) is 20.8 Å². The first-order valence-corrected chi connectivity index (χ1v) is 6.28. The number of hydrogen-bond donors (Lipinski definition) is 3. The lowest BCUT2D eigenvalue weighted by Crippen LogP contribution is -2.27. The van der Waals surface area contributed by atoms with E-state index in [1.807, 2.05) is 0 Å². The van der Waals surface area contributed by atoms with E-state index in [4.69, 9.17) is 0 Å².